The monoisotopic (exact) mass is 368 g/mol. The molecule has 4 rings (SSSR count). The normalized spacial score (nSPS) is 10.7. The predicted molar refractivity (Wildman–Crippen MR) is 111 cm³/mol. The molecule has 0 spiro atoms. The van der Waals surface area contributed by atoms with Gasteiger partial charge in [-0.2, -0.15) is 0 Å². The summed E-state index contributed by atoms with van der Waals surface area (Å²) < 4.78 is 3.61. The van der Waals surface area contributed by atoms with Crippen LogP contribution < -0.4 is 5.56 Å². The minimum atomic E-state index is -0.0980. The average Bonchev–Trinajstić information content (AvgIpc) is 3.04. The van der Waals surface area contributed by atoms with Crippen LogP contribution in [-0.4, -0.2) is 19.1 Å². The van der Waals surface area contributed by atoms with Gasteiger partial charge in [-0.3, -0.25) is 9.36 Å². The molecule has 0 bridgehead atoms. The summed E-state index contributed by atoms with van der Waals surface area (Å²) in [5, 5.41) is 0.537. The summed E-state index contributed by atoms with van der Waals surface area (Å²) in [5.74, 6) is 7.91. The van der Waals surface area contributed by atoms with Gasteiger partial charge in [0.25, 0.3) is 5.56 Å². The Labute approximate surface area is 163 Å². The van der Waals surface area contributed by atoms with Crippen molar-refractivity contribution in [3.8, 4) is 17.5 Å². The van der Waals surface area contributed by atoms with Crippen LogP contribution in [0.25, 0.3) is 16.6 Å². The molecule has 2 aromatic heterocycles. The molecule has 5 nitrogen and oxygen atoms in total. The van der Waals surface area contributed by atoms with Crippen molar-refractivity contribution in [2.45, 2.75) is 20.3 Å². The fraction of sp³-hybridized carbons (Fsp3) is 0.174. The molecule has 2 heterocycles. The van der Waals surface area contributed by atoms with Crippen molar-refractivity contribution in [3.05, 3.63) is 88.0 Å². The van der Waals surface area contributed by atoms with Crippen LogP contribution in [0.5, 0.6) is 0 Å². The number of fused-ring (bicyclic) bond motifs is 1. The van der Waals surface area contributed by atoms with E-state index in [4.69, 9.17) is 4.98 Å². The summed E-state index contributed by atoms with van der Waals surface area (Å²) in [6.45, 7) is 3.93. The molecule has 0 atom stereocenters. The first-order chi connectivity index (χ1) is 13.6. The number of nitrogens with zero attached hydrogens (tertiary/aromatic N) is 4. The maximum absolute atomic E-state index is 13.4. The first-order valence-corrected chi connectivity index (χ1v) is 9.20. The van der Waals surface area contributed by atoms with Crippen LogP contribution in [0.15, 0.2) is 59.5 Å². The lowest BCUT2D eigenvalue weighted by Gasteiger charge is -2.13. The van der Waals surface area contributed by atoms with Gasteiger partial charge in [-0.15, -0.1) is 0 Å². The van der Waals surface area contributed by atoms with Crippen molar-refractivity contribution in [2.24, 2.45) is 7.05 Å². The van der Waals surface area contributed by atoms with Crippen molar-refractivity contribution in [1.82, 2.24) is 19.1 Å². The largest absolute Gasteiger partial charge is 0.325 e. The molecule has 0 amide bonds. The van der Waals surface area contributed by atoms with Gasteiger partial charge in [0.2, 0.25) is 0 Å². The third-order valence-electron chi connectivity index (χ3n) is 4.84. The molecule has 5 heteroatoms. The lowest BCUT2D eigenvalue weighted by molar-refractivity contribution is 0.833. The quantitative estimate of drug-likeness (QED) is 0.510. The first-order valence-electron chi connectivity index (χ1n) is 9.20. The minimum absolute atomic E-state index is 0.0980. The first kappa shape index (κ1) is 17.7. The molecule has 0 N–H and O–H groups in total. The zero-order valence-electron chi connectivity index (χ0n) is 16.1. The molecule has 0 saturated heterocycles. The molecule has 4 aromatic rings. The van der Waals surface area contributed by atoms with Crippen LogP contribution in [0.2, 0.25) is 0 Å². The number of hydrogen-bond acceptors (Lipinski definition) is 3. The molecule has 0 aliphatic heterocycles. The highest BCUT2D eigenvalue weighted by atomic mass is 16.1. The van der Waals surface area contributed by atoms with E-state index >= 15 is 0 Å². The van der Waals surface area contributed by atoms with E-state index in [1.54, 1.807) is 10.8 Å². The van der Waals surface area contributed by atoms with Gasteiger partial charge in [-0.25, -0.2) is 9.97 Å². The van der Waals surface area contributed by atoms with Gasteiger partial charge in [-0.05, 0) is 37.1 Å². The molecule has 2 aromatic carbocycles. The Balaban J connectivity index is 1.98. The van der Waals surface area contributed by atoms with Gasteiger partial charge < -0.3 is 4.57 Å². The van der Waals surface area contributed by atoms with E-state index < -0.39 is 0 Å². The third-order valence-corrected chi connectivity index (χ3v) is 4.84. The van der Waals surface area contributed by atoms with Crippen molar-refractivity contribution >= 4 is 10.9 Å². The highest BCUT2D eigenvalue weighted by molar-refractivity contribution is 5.84. The number of imidazole rings is 1. The van der Waals surface area contributed by atoms with E-state index in [1.165, 1.54) is 0 Å². The summed E-state index contributed by atoms with van der Waals surface area (Å²) in [5.41, 5.74) is 2.85. The predicted octanol–water partition coefficient (Wildman–Crippen LogP) is 3.39. The molecule has 28 heavy (non-hydrogen) atoms. The molecule has 138 valence electrons. The van der Waals surface area contributed by atoms with E-state index in [0.717, 1.165) is 23.0 Å². The van der Waals surface area contributed by atoms with Crippen molar-refractivity contribution in [1.29, 1.82) is 0 Å². The van der Waals surface area contributed by atoms with E-state index in [1.807, 2.05) is 74.0 Å². The molecule has 0 unspecified atom stereocenters. The summed E-state index contributed by atoms with van der Waals surface area (Å²) in [6.07, 6.45) is 2.40. The SMILES string of the molecule is CCc1nc2cccc(C#Cc3cnc(C)n3C)c2c(=O)n1-c1ccccc1. The fourth-order valence-electron chi connectivity index (χ4n) is 3.21. The van der Waals surface area contributed by atoms with Crippen LogP contribution in [-0.2, 0) is 13.5 Å². The molecular weight excluding hydrogens is 348 g/mol. The average molecular weight is 368 g/mol. The van der Waals surface area contributed by atoms with Gasteiger partial charge in [0.05, 0.1) is 22.8 Å². The Morgan fingerprint density at radius 2 is 1.82 bits per heavy atom. The Morgan fingerprint density at radius 3 is 2.50 bits per heavy atom. The maximum Gasteiger partial charge on any atom is 0.267 e. The van der Waals surface area contributed by atoms with E-state index in [0.29, 0.717) is 22.9 Å². The summed E-state index contributed by atoms with van der Waals surface area (Å²) in [4.78, 5) is 22.5. The van der Waals surface area contributed by atoms with Gasteiger partial charge in [-0.1, -0.05) is 37.1 Å². The van der Waals surface area contributed by atoms with Crippen LogP contribution in [0.1, 0.15) is 29.8 Å². The minimum Gasteiger partial charge on any atom is -0.325 e. The fourth-order valence-corrected chi connectivity index (χ4v) is 3.21. The lowest BCUT2D eigenvalue weighted by atomic mass is 10.1. The van der Waals surface area contributed by atoms with E-state index in [2.05, 4.69) is 16.8 Å². The second kappa shape index (κ2) is 7.16. The second-order valence-electron chi connectivity index (χ2n) is 6.56. The number of benzene rings is 2. The molecule has 0 aliphatic carbocycles. The third kappa shape index (κ3) is 2.99. The van der Waals surface area contributed by atoms with Gasteiger partial charge in [0, 0.05) is 19.0 Å². The zero-order chi connectivity index (χ0) is 19.7. The van der Waals surface area contributed by atoms with Gasteiger partial charge >= 0.3 is 0 Å². The summed E-state index contributed by atoms with van der Waals surface area (Å²) >= 11 is 0. The Kier molecular flexibility index (Phi) is 4.54. The van der Waals surface area contributed by atoms with Crippen molar-refractivity contribution in [3.63, 3.8) is 0 Å². The van der Waals surface area contributed by atoms with Crippen molar-refractivity contribution < 1.29 is 0 Å². The Hall–Kier alpha value is -3.65. The Morgan fingerprint density at radius 1 is 1.04 bits per heavy atom. The summed E-state index contributed by atoms with van der Waals surface area (Å²) in [7, 11) is 1.92. The van der Waals surface area contributed by atoms with Gasteiger partial charge in [0.1, 0.15) is 17.3 Å². The molecular formula is C23H20N4O. The standard InChI is InChI=1S/C23H20N4O/c1-4-21-25-20-12-8-9-17(13-14-19-15-24-16(2)26(19)3)22(20)23(28)27(21)18-10-6-5-7-11-18/h5-12,15H,4H2,1-3H3. The van der Waals surface area contributed by atoms with Crippen LogP contribution in [0, 0.1) is 18.8 Å². The van der Waals surface area contributed by atoms with Crippen LogP contribution >= 0.6 is 0 Å². The number of rotatable bonds is 2. The molecule has 0 radical (unpaired) electrons. The Bertz CT molecular complexity index is 1290. The summed E-state index contributed by atoms with van der Waals surface area (Å²) in [6, 6.07) is 15.2. The van der Waals surface area contributed by atoms with Crippen LogP contribution in [0.4, 0.5) is 0 Å². The topological polar surface area (TPSA) is 52.7 Å². The number of hydrogen-bond donors (Lipinski definition) is 0. The molecule has 0 fully saturated rings. The van der Waals surface area contributed by atoms with E-state index in [-0.39, 0.29) is 5.56 Å². The zero-order valence-corrected chi connectivity index (χ0v) is 16.1. The maximum atomic E-state index is 13.4. The highest BCUT2D eigenvalue weighted by Crippen LogP contribution is 2.17. The van der Waals surface area contributed by atoms with Gasteiger partial charge in [0.15, 0.2) is 0 Å². The highest BCUT2D eigenvalue weighted by Gasteiger charge is 2.13. The van der Waals surface area contributed by atoms with Crippen molar-refractivity contribution in [2.75, 3.05) is 0 Å². The molecule has 0 aliphatic rings. The lowest BCUT2D eigenvalue weighted by Crippen LogP contribution is -2.24. The second-order valence-corrected chi connectivity index (χ2v) is 6.56. The van der Waals surface area contributed by atoms with Crippen LogP contribution in [0.3, 0.4) is 0 Å². The smallest absolute Gasteiger partial charge is 0.267 e. The molecule has 0 saturated carbocycles. The van der Waals surface area contributed by atoms with E-state index in [9.17, 15) is 4.79 Å². The number of para-hydroxylation sites is 1. The number of aryl methyl sites for hydroxylation is 2. The number of aromatic nitrogens is 4.